The van der Waals surface area contributed by atoms with Crippen molar-refractivity contribution in [3.05, 3.63) is 105 Å². The zero-order chi connectivity index (χ0) is 20.0. The van der Waals surface area contributed by atoms with Crippen LogP contribution in [-0.4, -0.2) is 0 Å². The van der Waals surface area contributed by atoms with E-state index in [4.69, 9.17) is 20.8 Å². The number of rotatable bonds is 2. The van der Waals surface area contributed by atoms with E-state index in [-0.39, 0.29) is 6.04 Å². The summed E-state index contributed by atoms with van der Waals surface area (Å²) in [5.41, 5.74) is 3.91. The zero-order valence-electron chi connectivity index (χ0n) is 15.7. The van der Waals surface area contributed by atoms with E-state index in [9.17, 15) is 4.79 Å². The molecule has 1 aromatic heterocycles. The van der Waals surface area contributed by atoms with Crippen molar-refractivity contribution in [1.82, 2.24) is 0 Å². The van der Waals surface area contributed by atoms with E-state index in [1.54, 1.807) is 0 Å². The van der Waals surface area contributed by atoms with Crippen LogP contribution < -0.4 is 15.7 Å². The summed E-state index contributed by atoms with van der Waals surface area (Å²) in [7, 11) is 0. The SMILES string of the molecule is Cc1ccc2c([C@H]3Oc4ccccc4N[C@H]3c3ccc(Cl)cc3)cc(=O)oc2c1. The number of fused-ring (bicyclic) bond motifs is 2. The van der Waals surface area contributed by atoms with Gasteiger partial charge >= 0.3 is 5.63 Å². The molecular weight excluding hydrogens is 386 g/mol. The number of halogens is 1. The Morgan fingerprint density at radius 3 is 2.59 bits per heavy atom. The topological polar surface area (TPSA) is 51.5 Å². The van der Waals surface area contributed by atoms with E-state index in [0.717, 1.165) is 33.5 Å². The molecule has 4 nitrogen and oxygen atoms in total. The molecule has 1 aliphatic heterocycles. The van der Waals surface area contributed by atoms with Gasteiger partial charge in [-0.15, -0.1) is 0 Å². The summed E-state index contributed by atoms with van der Waals surface area (Å²) < 4.78 is 11.9. The Hall–Kier alpha value is -3.24. The number of aryl methyl sites for hydroxylation is 1. The van der Waals surface area contributed by atoms with Crippen molar-refractivity contribution in [2.75, 3.05) is 5.32 Å². The fourth-order valence-electron chi connectivity index (χ4n) is 3.84. The molecule has 2 heterocycles. The quantitative estimate of drug-likeness (QED) is 0.414. The molecule has 0 radical (unpaired) electrons. The Labute approximate surface area is 172 Å². The Balaban J connectivity index is 1.71. The van der Waals surface area contributed by atoms with Crippen LogP contribution in [0.25, 0.3) is 11.0 Å². The molecule has 0 spiro atoms. The van der Waals surface area contributed by atoms with E-state index in [0.29, 0.717) is 10.6 Å². The Bertz CT molecular complexity index is 1260. The highest BCUT2D eigenvalue weighted by Gasteiger charge is 2.33. The van der Waals surface area contributed by atoms with Gasteiger partial charge in [0.25, 0.3) is 0 Å². The lowest BCUT2D eigenvalue weighted by molar-refractivity contribution is 0.172. The van der Waals surface area contributed by atoms with E-state index >= 15 is 0 Å². The average Bonchev–Trinajstić information content (AvgIpc) is 2.72. The van der Waals surface area contributed by atoms with Gasteiger partial charge in [0, 0.05) is 22.0 Å². The molecule has 144 valence electrons. The lowest BCUT2D eigenvalue weighted by Gasteiger charge is -2.36. The Morgan fingerprint density at radius 2 is 1.76 bits per heavy atom. The third-order valence-electron chi connectivity index (χ3n) is 5.22. The van der Waals surface area contributed by atoms with Gasteiger partial charge in [0.05, 0.1) is 11.7 Å². The lowest BCUT2D eigenvalue weighted by Crippen LogP contribution is -2.29. The van der Waals surface area contributed by atoms with Crippen LogP contribution in [0.2, 0.25) is 5.02 Å². The second-order valence-electron chi connectivity index (χ2n) is 7.23. The normalized spacial score (nSPS) is 18.0. The standard InChI is InChI=1S/C24H18ClNO3/c1-14-6-11-17-18(13-22(27)28-21(17)12-14)24-23(15-7-9-16(25)10-8-15)26-19-4-2-3-5-20(19)29-24/h2-13,23-24,26H,1H3/t23-,24+/m0/s1. The first-order chi connectivity index (χ1) is 14.1. The molecule has 0 saturated carbocycles. The van der Waals surface area contributed by atoms with Gasteiger partial charge in [-0.1, -0.05) is 48.0 Å². The van der Waals surface area contributed by atoms with Crippen molar-refractivity contribution < 1.29 is 9.15 Å². The van der Waals surface area contributed by atoms with E-state index in [1.807, 2.05) is 73.7 Å². The number of anilines is 1. The molecular formula is C24H18ClNO3. The van der Waals surface area contributed by atoms with Crippen LogP contribution in [0.1, 0.15) is 28.8 Å². The minimum Gasteiger partial charge on any atom is -0.481 e. The van der Waals surface area contributed by atoms with Crippen molar-refractivity contribution in [1.29, 1.82) is 0 Å². The minimum absolute atomic E-state index is 0.200. The number of hydrogen-bond donors (Lipinski definition) is 1. The molecule has 5 rings (SSSR count). The highest BCUT2D eigenvalue weighted by atomic mass is 35.5. The van der Waals surface area contributed by atoms with Crippen LogP contribution in [0.5, 0.6) is 5.75 Å². The highest BCUT2D eigenvalue weighted by Crippen LogP contribution is 2.45. The first kappa shape index (κ1) is 17.8. The summed E-state index contributed by atoms with van der Waals surface area (Å²) in [6.07, 6.45) is -0.416. The Morgan fingerprint density at radius 1 is 0.966 bits per heavy atom. The van der Waals surface area contributed by atoms with Gasteiger partial charge in [-0.2, -0.15) is 0 Å². The van der Waals surface area contributed by atoms with E-state index in [2.05, 4.69) is 5.32 Å². The van der Waals surface area contributed by atoms with Crippen LogP contribution >= 0.6 is 11.6 Å². The van der Waals surface area contributed by atoms with Gasteiger partial charge in [-0.3, -0.25) is 0 Å². The second-order valence-corrected chi connectivity index (χ2v) is 7.66. The lowest BCUT2D eigenvalue weighted by atomic mass is 9.92. The summed E-state index contributed by atoms with van der Waals surface area (Å²) >= 11 is 6.09. The van der Waals surface area contributed by atoms with Gasteiger partial charge in [0.15, 0.2) is 0 Å². The maximum atomic E-state index is 12.3. The predicted octanol–water partition coefficient (Wildman–Crippen LogP) is 6.04. The molecule has 0 bridgehead atoms. The van der Waals surface area contributed by atoms with Crippen molar-refractivity contribution in [2.45, 2.75) is 19.1 Å². The highest BCUT2D eigenvalue weighted by molar-refractivity contribution is 6.30. The van der Waals surface area contributed by atoms with Crippen LogP contribution in [0, 0.1) is 6.92 Å². The smallest absolute Gasteiger partial charge is 0.336 e. The number of hydrogen-bond acceptors (Lipinski definition) is 4. The summed E-state index contributed by atoms with van der Waals surface area (Å²) in [6.45, 7) is 1.97. The second kappa shape index (κ2) is 6.98. The zero-order valence-corrected chi connectivity index (χ0v) is 16.4. The van der Waals surface area contributed by atoms with Gasteiger partial charge in [0.2, 0.25) is 0 Å². The summed E-state index contributed by atoms with van der Waals surface area (Å²) in [6, 6.07) is 22.7. The molecule has 5 heteroatoms. The van der Waals surface area contributed by atoms with Gasteiger partial charge in [-0.25, -0.2) is 4.79 Å². The monoisotopic (exact) mass is 403 g/mol. The van der Waals surface area contributed by atoms with Gasteiger partial charge < -0.3 is 14.5 Å². The fraction of sp³-hybridized carbons (Fsp3) is 0.125. The van der Waals surface area contributed by atoms with Gasteiger partial charge in [-0.05, 0) is 48.4 Å². The molecule has 4 aromatic rings. The molecule has 1 N–H and O–H groups in total. The molecule has 0 amide bonds. The number of ether oxygens (including phenoxy) is 1. The Kier molecular flexibility index (Phi) is 4.29. The minimum atomic E-state index is -0.416. The first-order valence-corrected chi connectivity index (χ1v) is 9.78. The number of para-hydroxylation sites is 2. The van der Waals surface area contributed by atoms with Crippen molar-refractivity contribution >= 4 is 28.3 Å². The molecule has 29 heavy (non-hydrogen) atoms. The molecule has 3 aromatic carbocycles. The van der Waals surface area contributed by atoms with E-state index < -0.39 is 11.7 Å². The molecule has 0 aliphatic carbocycles. The number of nitrogens with one attached hydrogen (secondary N) is 1. The summed E-state index contributed by atoms with van der Waals surface area (Å²) in [5.74, 6) is 0.746. The van der Waals surface area contributed by atoms with Crippen LogP contribution in [0.4, 0.5) is 5.69 Å². The predicted molar refractivity (Wildman–Crippen MR) is 115 cm³/mol. The molecule has 0 unspecified atom stereocenters. The largest absolute Gasteiger partial charge is 0.481 e. The number of benzene rings is 3. The van der Waals surface area contributed by atoms with Crippen LogP contribution in [-0.2, 0) is 0 Å². The summed E-state index contributed by atoms with van der Waals surface area (Å²) in [5, 5.41) is 5.11. The van der Waals surface area contributed by atoms with Crippen LogP contribution in [0.3, 0.4) is 0 Å². The molecule has 0 saturated heterocycles. The van der Waals surface area contributed by atoms with Crippen molar-refractivity contribution in [2.24, 2.45) is 0 Å². The third kappa shape index (κ3) is 3.26. The van der Waals surface area contributed by atoms with E-state index in [1.165, 1.54) is 6.07 Å². The maximum Gasteiger partial charge on any atom is 0.336 e. The molecule has 0 fully saturated rings. The van der Waals surface area contributed by atoms with Crippen LogP contribution in [0.15, 0.2) is 82.0 Å². The third-order valence-corrected chi connectivity index (χ3v) is 5.47. The molecule has 1 aliphatic rings. The van der Waals surface area contributed by atoms with Crippen molar-refractivity contribution in [3.8, 4) is 5.75 Å². The fourth-order valence-corrected chi connectivity index (χ4v) is 3.96. The first-order valence-electron chi connectivity index (χ1n) is 9.40. The average molecular weight is 404 g/mol. The van der Waals surface area contributed by atoms with Crippen molar-refractivity contribution in [3.63, 3.8) is 0 Å². The van der Waals surface area contributed by atoms with Gasteiger partial charge in [0.1, 0.15) is 17.4 Å². The maximum absolute atomic E-state index is 12.3. The molecule has 2 atom stereocenters. The summed E-state index contributed by atoms with van der Waals surface area (Å²) in [4.78, 5) is 12.3.